The average molecular weight is 338 g/mol. The maximum atomic E-state index is 13.0. The van der Waals surface area contributed by atoms with Gasteiger partial charge in [-0.2, -0.15) is 0 Å². The smallest absolute Gasteiger partial charge is 0.254 e. The van der Waals surface area contributed by atoms with E-state index in [1.54, 1.807) is 0 Å². The summed E-state index contributed by atoms with van der Waals surface area (Å²) in [6, 6.07) is 4.56. The summed E-state index contributed by atoms with van der Waals surface area (Å²) in [5.41, 5.74) is 4.34. The molecular weight excluding hydrogens is 314 g/mol. The molecule has 2 nitrogen and oxygen atoms in total. The van der Waals surface area contributed by atoms with Crippen molar-refractivity contribution in [3.63, 3.8) is 0 Å². The van der Waals surface area contributed by atoms with Gasteiger partial charge in [0.1, 0.15) is 0 Å². The molecule has 20 heavy (non-hydrogen) atoms. The van der Waals surface area contributed by atoms with Gasteiger partial charge in [-0.25, -0.2) is 0 Å². The largest absolute Gasteiger partial charge is 0.335 e. The van der Waals surface area contributed by atoms with E-state index in [0.717, 1.165) is 41.4 Å². The van der Waals surface area contributed by atoms with Crippen molar-refractivity contribution < 1.29 is 4.79 Å². The zero-order valence-corrected chi connectivity index (χ0v) is 14.3. The Morgan fingerprint density at radius 3 is 2.45 bits per heavy atom. The number of amides is 1. The molecule has 1 fully saturated rings. The van der Waals surface area contributed by atoms with Gasteiger partial charge in [0.15, 0.2) is 0 Å². The number of benzene rings is 1. The van der Waals surface area contributed by atoms with E-state index in [1.807, 2.05) is 13.8 Å². The van der Waals surface area contributed by atoms with Gasteiger partial charge in [0, 0.05) is 23.5 Å². The average Bonchev–Trinajstić information content (AvgIpc) is 2.62. The van der Waals surface area contributed by atoms with Crippen molar-refractivity contribution in [2.24, 2.45) is 0 Å². The highest BCUT2D eigenvalue weighted by Gasteiger charge is 2.27. The minimum absolute atomic E-state index is 0.214. The number of alkyl halides is 1. The number of rotatable bonds is 2. The summed E-state index contributed by atoms with van der Waals surface area (Å²) in [7, 11) is 0. The third-order valence-electron chi connectivity index (χ3n) is 4.21. The Bertz CT molecular complexity index is 475. The highest BCUT2D eigenvalue weighted by atomic mass is 79.9. The van der Waals surface area contributed by atoms with Crippen molar-refractivity contribution in [2.75, 3.05) is 11.9 Å². The second-order valence-electron chi connectivity index (χ2n) is 5.93. The molecule has 0 N–H and O–H groups in total. The summed E-state index contributed by atoms with van der Waals surface area (Å²) >= 11 is 3.58. The molecule has 1 aliphatic rings. The zero-order valence-electron chi connectivity index (χ0n) is 12.7. The van der Waals surface area contributed by atoms with Gasteiger partial charge >= 0.3 is 0 Å². The quantitative estimate of drug-likeness (QED) is 0.733. The number of likely N-dealkylation sites (tertiary alicyclic amines) is 1. The van der Waals surface area contributed by atoms with Crippen LogP contribution in [0.4, 0.5) is 0 Å². The van der Waals surface area contributed by atoms with E-state index in [4.69, 9.17) is 0 Å². The van der Waals surface area contributed by atoms with Crippen LogP contribution >= 0.6 is 15.9 Å². The molecule has 0 spiro atoms. The number of nitrogens with zero attached hydrogens (tertiary/aromatic N) is 1. The summed E-state index contributed by atoms with van der Waals surface area (Å²) in [5, 5.41) is 0.878. The van der Waals surface area contributed by atoms with Gasteiger partial charge in [0.05, 0.1) is 0 Å². The Hall–Kier alpha value is -0.830. The first-order chi connectivity index (χ1) is 9.54. The van der Waals surface area contributed by atoms with Crippen LogP contribution in [-0.2, 0) is 0 Å². The minimum Gasteiger partial charge on any atom is -0.335 e. The summed E-state index contributed by atoms with van der Waals surface area (Å²) in [4.78, 5) is 15.1. The molecule has 1 aromatic carbocycles. The molecule has 1 unspecified atom stereocenters. The van der Waals surface area contributed by atoms with E-state index in [0.29, 0.717) is 6.04 Å². The molecule has 0 aliphatic carbocycles. The first-order valence-corrected chi connectivity index (χ1v) is 8.61. The lowest BCUT2D eigenvalue weighted by Crippen LogP contribution is -2.41. The molecular formula is C17H24BrNO. The number of hydrogen-bond acceptors (Lipinski definition) is 1. The highest BCUT2D eigenvalue weighted by Crippen LogP contribution is 2.24. The van der Waals surface area contributed by atoms with E-state index in [2.05, 4.69) is 39.9 Å². The number of carbonyl (C=O) groups is 1. The van der Waals surface area contributed by atoms with E-state index >= 15 is 0 Å². The first-order valence-electron chi connectivity index (χ1n) is 7.49. The molecule has 2 rings (SSSR count). The number of hydrogen-bond donors (Lipinski definition) is 0. The van der Waals surface area contributed by atoms with E-state index < -0.39 is 0 Å². The standard InChI is InChI=1S/C17H24BrNO/c1-12-9-13(2)16(14(3)10-12)17(20)19-8-6-4-5-7-15(19)11-18/h9-10,15H,4-8,11H2,1-3H3. The van der Waals surface area contributed by atoms with Crippen molar-refractivity contribution in [3.8, 4) is 0 Å². The van der Waals surface area contributed by atoms with Crippen molar-refractivity contribution in [2.45, 2.75) is 52.5 Å². The summed E-state index contributed by atoms with van der Waals surface area (Å²) in [5.74, 6) is 0.214. The second-order valence-corrected chi connectivity index (χ2v) is 6.58. The Morgan fingerprint density at radius 1 is 1.20 bits per heavy atom. The fraction of sp³-hybridized carbons (Fsp3) is 0.588. The number of aryl methyl sites for hydroxylation is 3. The van der Waals surface area contributed by atoms with Gasteiger partial charge in [-0.3, -0.25) is 4.79 Å². The predicted octanol–water partition coefficient (Wildman–Crippen LogP) is 4.39. The molecule has 0 radical (unpaired) electrons. The van der Waals surface area contributed by atoms with Gasteiger partial charge in [0.2, 0.25) is 0 Å². The van der Waals surface area contributed by atoms with Crippen LogP contribution in [-0.4, -0.2) is 28.7 Å². The lowest BCUT2D eigenvalue weighted by Gasteiger charge is -2.30. The molecule has 1 aliphatic heterocycles. The molecule has 0 saturated carbocycles. The van der Waals surface area contributed by atoms with Crippen molar-refractivity contribution >= 4 is 21.8 Å². The molecule has 0 aromatic heterocycles. The SMILES string of the molecule is Cc1cc(C)c(C(=O)N2CCCCCC2CBr)c(C)c1. The molecule has 1 saturated heterocycles. The highest BCUT2D eigenvalue weighted by molar-refractivity contribution is 9.09. The summed E-state index contributed by atoms with van der Waals surface area (Å²) in [6.07, 6.45) is 4.70. The van der Waals surface area contributed by atoms with Gasteiger partial charge in [0.25, 0.3) is 5.91 Å². The van der Waals surface area contributed by atoms with Crippen molar-refractivity contribution in [3.05, 3.63) is 34.4 Å². The van der Waals surface area contributed by atoms with E-state index in [9.17, 15) is 4.79 Å². The van der Waals surface area contributed by atoms with E-state index in [1.165, 1.54) is 18.4 Å². The monoisotopic (exact) mass is 337 g/mol. The Kier molecular flexibility index (Phi) is 5.25. The summed E-state index contributed by atoms with van der Waals surface area (Å²) < 4.78 is 0. The van der Waals surface area contributed by atoms with Crippen molar-refractivity contribution in [1.82, 2.24) is 4.90 Å². The van der Waals surface area contributed by atoms with Gasteiger partial charge in [-0.05, 0) is 44.7 Å². The third-order valence-corrected chi connectivity index (χ3v) is 4.95. The predicted molar refractivity (Wildman–Crippen MR) is 87.7 cm³/mol. The molecule has 1 amide bonds. The van der Waals surface area contributed by atoms with Gasteiger partial charge < -0.3 is 4.90 Å². The fourth-order valence-electron chi connectivity index (χ4n) is 3.27. The van der Waals surface area contributed by atoms with Crippen LogP contribution < -0.4 is 0 Å². The van der Waals surface area contributed by atoms with Crippen LogP contribution in [0, 0.1) is 20.8 Å². The topological polar surface area (TPSA) is 20.3 Å². The molecule has 3 heteroatoms. The molecule has 1 atom stereocenters. The van der Waals surface area contributed by atoms with Crippen LogP contribution in [0.3, 0.4) is 0 Å². The Labute approximate surface area is 130 Å². The Balaban J connectivity index is 2.34. The van der Waals surface area contributed by atoms with Crippen molar-refractivity contribution in [1.29, 1.82) is 0 Å². The van der Waals surface area contributed by atoms with Gasteiger partial charge in [-0.15, -0.1) is 0 Å². The molecule has 1 aromatic rings. The number of carbonyl (C=O) groups excluding carboxylic acids is 1. The normalized spacial score (nSPS) is 19.8. The second kappa shape index (κ2) is 6.75. The lowest BCUT2D eigenvalue weighted by atomic mass is 9.98. The minimum atomic E-state index is 0.214. The zero-order chi connectivity index (χ0) is 14.7. The summed E-state index contributed by atoms with van der Waals surface area (Å²) in [6.45, 7) is 7.08. The third kappa shape index (κ3) is 3.25. The van der Waals surface area contributed by atoms with Crippen LogP contribution in [0.5, 0.6) is 0 Å². The molecule has 110 valence electrons. The number of halogens is 1. The van der Waals surface area contributed by atoms with Crippen LogP contribution in [0.25, 0.3) is 0 Å². The fourth-order valence-corrected chi connectivity index (χ4v) is 3.94. The molecule has 0 bridgehead atoms. The van der Waals surface area contributed by atoms with E-state index in [-0.39, 0.29) is 5.91 Å². The van der Waals surface area contributed by atoms with Crippen LogP contribution in [0.1, 0.15) is 52.7 Å². The van der Waals surface area contributed by atoms with Crippen LogP contribution in [0.15, 0.2) is 12.1 Å². The maximum absolute atomic E-state index is 13.0. The molecule has 1 heterocycles. The Morgan fingerprint density at radius 2 is 1.85 bits per heavy atom. The first kappa shape index (κ1) is 15.6. The van der Waals surface area contributed by atoms with Gasteiger partial charge in [-0.1, -0.05) is 46.5 Å². The maximum Gasteiger partial charge on any atom is 0.254 e. The lowest BCUT2D eigenvalue weighted by molar-refractivity contribution is 0.0701. The van der Waals surface area contributed by atoms with Crippen LogP contribution in [0.2, 0.25) is 0 Å².